The second-order valence-electron chi connectivity index (χ2n) is 4.67. The highest BCUT2D eigenvalue weighted by Crippen LogP contribution is 2.26. The first-order valence-corrected chi connectivity index (χ1v) is 7.55. The average Bonchev–Trinajstić information content (AvgIpc) is 2.36. The summed E-state index contributed by atoms with van der Waals surface area (Å²) in [7, 11) is 0. The quantitative estimate of drug-likeness (QED) is 0.723. The highest BCUT2D eigenvalue weighted by Gasteiger charge is 2.09. The smallest absolute Gasteiger partial charge is 0.0511 e. The number of benzene rings is 2. The Bertz CT molecular complexity index is 531. The Morgan fingerprint density at radius 3 is 2.42 bits per heavy atom. The predicted molar refractivity (Wildman–Crippen MR) is 87.0 cm³/mol. The second kappa shape index (κ2) is 6.44. The van der Waals surface area contributed by atoms with Crippen LogP contribution in [0.4, 0.5) is 5.69 Å². The van der Waals surface area contributed by atoms with Gasteiger partial charge < -0.3 is 5.32 Å². The first kappa shape index (κ1) is 14.4. The summed E-state index contributed by atoms with van der Waals surface area (Å²) < 4.78 is 1.10. The molecule has 0 spiro atoms. The fourth-order valence-corrected chi connectivity index (χ4v) is 2.87. The molecule has 0 aromatic heterocycles. The second-order valence-corrected chi connectivity index (χ2v) is 6.03. The number of hydrogen-bond donors (Lipinski definition) is 1. The zero-order valence-corrected chi connectivity index (χ0v) is 13.4. The molecule has 0 aliphatic carbocycles. The summed E-state index contributed by atoms with van der Waals surface area (Å²) in [5.41, 5.74) is 3.63. The Morgan fingerprint density at radius 1 is 1.16 bits per heavy atom. The third kappa shape index (κ3) is 3.99. The van der Waals surface area contributed by atoms with E-state index in [1.807, 2.05) is 12.1 Å². The number of anilines is 1. The topological polar surface area (TPSA) is 12.0 Å². The zero-order valence-electron chi connectivity index (χ0n) is 11.1. The molecule has 3 heteroatoms. The van der Waals surface area contributed by atoms with Crippen LogP contribution >= 0.6 is 27.5 Å². The third-order valence-corrected chi connectivity index (χ3v) is 3.77. The highest BCUT2D eigenvalue weighted by atomic mass is 79.9. The van der Waals surface area contributed by atoms with Gasteiger partial charge in [-0.2, -0.15) is 0 Å². The minimum absolute atomic E-state index is 0.297. The van der Waals surface area contributed by atoms with Crippen LogP contribution in [0.5, 0.6) is 0 Å². The van der Waals surface area contributed by atoms with Gasteiger partial charge in [-0.05, 0) is 54.8 Å². The van der Waals surface area contributed by atoms with E-state index in [1.165, 1.54) is 11.1 Å². The number of hydrogen-bond acceptors (Lipinski definition) is 1. The first-order chi connectivity index (χ1) is 9.08. The molecule has 2 rings (SSSR count). The minimum Gasteiger partial charge on any atom is -0.378 e. The Labute approximate surface area is 128 Å². The normalized spacial score (nSPS) is 12.2. The van der Waals surface area contributed by atoms with E-state index in [-0.39, 0.29) is 0 Å². The summed E-state index contributed by atoms with van der Waals surface area (Å²) in [6.07, 6.45) is 1.02. The lowest BCUT2D eigenvalue weighted by Crippen LogP contribution is -2.09. The molecular weight excluding hydrogens is 322 g/mol. The largest absolute Gasteiger partial charge is 0.378 e. The van der Waals surface area contributed by atoms with Crippen LogP contribution in [0, 0.1) is 6.92 Å². The van der Waals surface area contributed by atoms with E-state index < -0.39 is 0 Å². The molecular formula is C16H17BrClN. The molecule has 0 radical (unpaired) electrons. The molecule has 0 saturated carbocycles. The van der Waals surface area contributed by atoms with Gasteiger partial charge in [-0.1, -0.05) is 46.6 Å². The van der Waals surface area contributed by atoms with Crippen molar-refractivity contribution in [1.29, 1.82) is 0 Å². The maximum atomic E-state index is 5.93. The SMILES string of the molecule is CCC(Nc1cc(C)cc(Br)c1)c1ccc(Cl)cc1. The zero-order chi connectivity index (χ0) is 13.8. The van der Waals surface area contributed by atoms with Crippen LogP contribution < -0.4 is 5.32 Å². The molecule has 0 amide bonds. The number of nitrogens with one attached hydrogen (secondary N) is 1. The highest BCUT2D eigenvalue weighted by molar-refractivity contribution is 9.10. The van der Waals surface area contributed by atoms with Gasteiger partial charge in [-0.3, -0.25) is 0 Å². The van der Waals surface area contributed by atoms with E-state index >= 15 is 0 Å². The van der Waals surface area contributed by atoms with Gasteiger partial charge in [0.05, 0.1) is 6.04 Å². The van der Waals surface area contributed by atoms with Crippen LogP contribution in [0.3, 0.4) is 0 Å². The molecule has 2 aromatic carbocycles. The van der Waals surface area contributed by atoms with Crippen LogP contribution in [0.15, 0.2) is 46.9 Å². The van der Waals surface area contributed by atoms with E-state index in [0.29, 0.717) is 6.04 Å². The lowest BCUT2D eigenvalue weighted by molar-refractivity contribution is 0.749. The lowest BCUT2D eigenvalue weighted by atomic mass is 10.0. The van der Waals surface area contributed by atoms with Gasteiger partial charge in [-0.15, -0.1) is 0 Å². The predicted octanol–water partition coefficient (Wildman–Crippen LogP) is 5.97. The van der Waals surface area contributed by atoms with Gasteiger partial charge >= 0.3 is 0 Å². The molecule has 100 valence electrons. The molecule has 19 heavy (non-hydrogen) atoms. The summed E-state index contributed by atoms with van der Waals surface area (Å²) in [4.78, 5) is 0. The van der Waals surface area contributed by atoms with Crippen molar-refractivity contribution >= 4 is 33.2 Å². The number of rotatable bonds is 4. The van der Waals surface area contributed by atoms with Gasteiger partial charge in [0, 0.05) is 15.2 Å². The van der Waals surface area contributed by atoms with Gasteiger partial charge in [0.25, 0.3) is 0 Å². The Balaban J connectivity index is 2.21. The van der Waals surface area contributed by atoms with Crippen molar-refractivity contribution in [2.75, 3.05) is 5.32 Å². The van der Waals surface area contributed by atoms with Crippen LogP contribution in [-0.4, -0.2) is 0 Å². The molecule has 0 saturated heterocycles. The monoisotopic (exact) mass is 337 g/mol. The van der Waals surface area contributed by atoms with E-state index in [9.17, 15) is 0 Å². The van der Waals surface area contributed by atoms with Crippen molar-refractivity contribution in [3.8, 4) is 0 Å². The molecule has 0 bridgehead atoms. The van der Waals surface area contributed by atoms with Crippen molar-refractivity contribution in [2.24, 2.45) is 0 Å². The van der Waals surface area contributed by atoms with E-state index in [0.717, 1.165) is 21.6 Å². The maximum absolute atomic E-state index is 5.93. The van der Waals surface area contributed by atoms with E-state index in [4.69, 9.17) is 11.6 Å². The van der Waals surface area contributed by atoms with Crippen molar-refractivity contribution < 1.29 is 0 Å². The average molecular weight is 339 g/mol. The Kier molecular flexibility index (Phi) is 4.89. The van der Waals surface area contributed by atoms with Crippen molar-refractivity contribution in [3.05, 3.63) is 63.1 Å². The lowest BCUT2D eigenvalue weighted by Gasteiger charge is -2.19. The third-order valence-electron chi connectivity index (χ3n) is 3.06. The van der Waals surface area contributed by atoms with Crippen LogP contribution in [0.2, 0.25) is 5.02 Å². The maximum Gasteiger partial charge on any atom is 0.0511 e. The van der Waals surface area contributed by atoms with Gasteiger partial charge in [0.15, 0.2) is 0 Å². The molecule has 0 aliphatic heterocycles. The fraction of sp³-hybridized carbons (Fsp3) is 0.250. The minimum atomic E-state index is 0.297. The van der Waals surface area contributed by atoms with Crippen molar-refractivity contribution in [1.82, 2.24) is 0 Å². The van der Waals surface area contributed by atoms with E-state index in [1.54, 1.807) is 0 Å². The molecule has 1 atom stereocenters. The molecule has 0 fully saturated rings. The van der Waals surface area contributed by atoms with Crippen LogP contribution in [-0.2, 0) is 0 Å². The van der Waals surface area contributed by atoms with Gasteiger partial charge in [-0.25, -0.2) is 0 Å². The van der Waals surface area contributed by atoms with Gasteiger partial charge in [0.1, 0.15) is 0 Å². The summed E-state index contributed by atoms with van der Waals surface area (Å²) in [5, 5.41) is 4.35. The summed E-state index contributed by atoms with van der Waals surface area (Å²) in [5.74, 6) is 0. The Hall–Kier alpha value is -0.990. The standard InChI is InChI=1S/C16H17BrClN/c1-3-16(12-4-6-14(18)7-5-12)19-15-9-11(2)8-13(17)10-15/h4-10,16,19H,3H2,1-2H3. The van der Waals surface area contributed by atoms with E-state index in [2.05, 4.69) is 65.4 Å². The molecule has 2 aromatic rings. The number of aryl methyl sites for hydroxylation is 1. The van der Waals surface area contributed by atoms with Gasteiger partial charge in [0.2, 0.25) is 0 Å². The molecule has 1 unspecified atom stereocenters. The van der Waals surface area contributed by atoms with Crippen molar-refractivity contribution in [3.63, 3.8) is 0 Å². The Morgan fingerprint density at radius 2 is 1.84 bits per heavy atom. The summed E-state index contributed by atoms with van der Waals surface area (Å²) in [6, 6.07) is 14.7. The molecule has 0 aliphatic rings. The summed E-state index contributed by atoms with van der Waals surface area (Å²) in [6.45, 7) is 4.27. The summed E-state index contributed by atoms with van der Waals surface area (Å²) >= 11 is 9.47. The molecule has 1 N–H and O–H groups in total. The fourth-order valence-electron chi connectivity index (χ4n) is 2.14. The number of halogens is 2. The van der Waals surface area contributed by atoms with Crippen LogP contribution in [0.1, 0.15) is 30.5 Å². The first-order valence-electron chi connectivity index (χ1n) is 6.37. The van der Waals surface area contributed by atoms with Crippen LogP contribution in [0.25, 0.3) is 0 Å². The molecule has 0 heterocycles. The van der Waals surface area contributed by atoms with Crippen molar-refractivity contribution in [2.45, 2.75) is 26.3 Å². The molecule has 1 nitrogen and oxygen atoms in total.